The minimum absolute atomic E-state index is 0.109. The molecule has 3 rings (SSSR count). The van der Waals surface area contributed by atoms with Crippen molar-refractivity contribution in [3.05, 3.63) is 29.8 Å². The zero-order chi connectivity index (χ0) is 16.9. The van der Waals surface area contributed by atoms with Crippen molar-refractivity contribution in [3.8, 4) is 5.75 Å². The molecule has 2 aliphatic rings. The van der Waals surface area contributed by atoms with Crippen molar-refractivity contribution in [2.24, 2.45) is 0 Å². The summed E-state index contributed by atoms with van der Waals surface area (Å²) < 4.78 is 6.01. The van der Waals surface area contributed by atoms with Gasteiger partial charge in [0.1, 0.15) is 11.9 Å². The summed E-state index contributed by atoms with van der Waals surface area (Å²) in [6.45, 7) is 4.15. The van der Waals surface area contributed by atoms with Gasteiger partial charge in [-0.3, -0.25) is 4.79 Å². The van der Waals surface area contributed by atoms with Gasteiger partial charge in [-0.2, -0.15) is 0 Å². The number of hydrogen-bond donors (Lipinski definition) is 1. The Labute approximate surface area is 145 Å². The van der Waals surface area contributed by atoms with E-state index < -0.39 is 0 Å². The molecule has 0 unspecified atom stereocenters. The number of nitrogens with one attached hydrogen (secondary N) is 1. The van der Waals surface area contributed by atoms with Crippen LogP contribution in [0.2, 0.25) is 0 Å². The third-order valence-corrected chi connectivity index (χ3v) is 5.25. The topological polar surface area (TPSA) is 44.8 Å². The van der Waals surface area contributed by atoms with Crippen molar-refractivity contribution < 1.29 is 9.53 Å². The van der Waals surface area contributed by atoms with Crippen molar-refractivity contribution >= 4 is 5.91 Å². The number of amides is 1. The van der Waals surface area contributed by atoms with Gasteiger partial charge < -0.3 is 19.9 Å². The van der Waals surface area contributed by atoms with Crippen LogP contribution in [-0.4, -0.2) is 68.1 Å². The molecule has 24 heavy (non-hydrogen) atoms. The second-order valence-corrected chi connectivity index (χ2v) is 7.04. The first-order valence-electron chi connectivity index (χ1n) is 9.06. The van der Waals surface area contributed by atoms with Gasteiger partial charge >= 0.3 is 0 Å². The van der Waals surface area contributed by atoms with Gasteiger partial charge in [0.2, 0.25) is 0 Å². The van der Waals surface area contributed by atoms with Gasteiger partial charge in [-0.05, 0) is 83.2 Å². The largest absolute Gasteiger partial charge is 0.490 e. The maximum Gasteiger partial charge on any atom is 0.253 e. The summed E-state index contributed by atoms with van der Waals surface area (Å²) in [5, 5.41) is 3.34. The third-order valence-electron chi connectivity index (χ3n) is 5.25. The van der Waals surface area contributed by atoms with Crippen LogP contribution in [-0.2, 0) is 0 Å². The molecule has 0 aliphatic carbocycles. The van der Waals surface area contributed by atoms with Crippen LogP contribution in [0.4, 0.5) is 0 Å². The van der Waals surface area contributed by atoms with Gasteiger partial charge in [-0.25, -0.2) is 0 Å². The van der Waals surface area contributed by atoms with E-state index in [1.54, 1.807) is 0 Å². The summed E-state index contributed by atoms with van der Waals surface area (Å²) >= 11 is 0. The third kappa shape index (κ3) is 4.28. The quantitative estimate of drug-likeness (QED) is 0.916. The van der Waals surface area contributed by atoms with Gasteiger partial charge in [-0.1, -0.05) is 0 Å². The average Bonchev–Trinajstić information content (AvgIpc) is 2.63. The minimum Gasteiger partial charge on any atom is -0.490 e. The van der Waals surface area contributed by atoms with Crippen LogP contribution >= 0.6 is 0 Å². The number of carbonyl (C=O) groups excluding carboxylic acids is 1. The fraction of sp³-hybridized carbons (Fsp3) is 0.632. The molecule has 1 amide bonds. The Morgan fingerprint density at radius 2 is 1.75 bits per heavy atom. The van der Waals surface area contributed by atoms with Crippen LogP contribution in [0.1, 0.15) is 36.0 Å². The van der Waals surface area contributed by atoms with Crippen LogP contribution in [0.15, 0.2) is 24.3 Å². The Kier molecular flexibility index (Phi) is 5.74. The molecule has 1 aromatic rings. The van der Waals surface area contributed by atoms with Crippen molar-refractivity contribution in [1.29, 1.82) is 0 Å². The van der Waals surface area contributed by atoms with Crippen LogP contribution in [0.25, 0.3) is 0 Å². The lowest BCUT2D eigenvalue weighted by Crippen LogP contribution is -2.44. The van der Waals surface area contributed by atoms with E-state index in [-0.39, 0.29) is 12.0 Å². The minimum atomic E-state index is 0.109. The fourth-order valence-electron chi connectivity index (χ4n) is 3.53. The standard InChI is InChI=1S/C19H29N3O2/c1-21-13-9-16(10-14-21)22(2)19(23)15-3-5-17(6-4-15)24-18-7-11-20-12-8-18/h3-6,16,18,20H,7-14H2,1-2H3. The van der Waals surface area contributed by atoms with Crippen molar-refractivity contribution in [1.82, 2.24) is 15.1 Å². The molecule has 0 spiro atoms. The lowest BCUT2D eigenvalue weighted by molar-refractivity contribution is 0.0659. The Bertz CT molecular complexity index is 532. The lowest BCUT2D eigenvalue weighted by atomic mass is 10.0. The van der Waals surface area contributed by atoms with Gasteiger partial charge in [0.25, 0.3) is 5.91 Å². The van der Waals surface area contributed by atoms with Gasteiger partial charge in [-0.15, -0.1) is 0 Å². The summed E-state index contributed by atoms with van der Waals surface area (Å²) in [4.78, 5) is 16.9. The number of carbonyl (C=O) groups is 1. The highest BCUT2D eigenvalue weighted by molar-refractivity contribution is 5.94. The summed E-state index contributed by atoms with van der Waals surface area (Å²) in [7, 11) is 4.07. The zero-order valence-corrected chi connectivity index (χ0v) is 14.8. The highest BCUT2D eigenvalue weighted by Crippen LogP contribution is 2.20. The summed E-state index contributed by atoms with van der Waals surface area (Å²) in [5.41, 5.74) is 0.745. The molecule has 5 heteroatoms. The smallest absolute Gasteiger partial charge is 0.253 e. The number of likely N-dealkylation sites (tertiary alicyclic amines) is 1. The van der Waals surface area contributed by atoms with Crippen LogP contribution in [0.5, 0.6) is 5.75 Å². The number of hydrogen-bond acceptors (Lipinski definition) is 4. The molecule has 2 aliphatic heterocycles. The van der Waals surface area contributed by atoms with E-state index in [4.69, 9.17) is 4.74 Å². The summed E-state index contributed by atoms with van der Waals surface area (Å²) in [5.74, 6) is 0.971. The zero-order valence-electron chi connectivity index (χ0n) is 14.8. The van der Waals surface area contributed by atoms with E-state index in [9.17, 15) is 4.79 Å². The molecule has 0 radical (unpaired) electrons. The van der Waals surface area contributed by atoms with Crippen LogP contribution in [0, 0.1) is 0 Å². The van der Waals surface area contributed by atoms with E-state index in [2.05, 4.69) is 17.3 Å². The van der Waals surface area contributed by atoms with Gasteiger partial charge in [0.05, 0.1) is 0 Å². The molecular formula is C19H29N3O2. The van der Waals surface area contributed by atoms with E-state index in [1.165, 1.54) is 0 Å². The van der Waals surface area contributed by atoms with Gasteiger partial charge in [0.15, 0.2) is 0 Å². The molecule has 0 bridgehead atoms. The molecule has 5 nitrogen and oxygen atoms in total. The normalized spacial score (nSPS) is 20.8. The van der Waals surface area contributed by atoms with Gasteiger partial charge in [0, 0.05) is 18.7 Å². The molecule has 2 saturated heterocycles. The summed E-state index contributed by atoms with van der Waals surface area (Å²) in [6, 6.07) is 7.99. The Hall–Kier alpha value is -1.59. The Morgan fingerprint density at radius 3 is 2.38 bits per heavy atom. The summed E-state index contributed by atoms with van der Waals surface area (Å²) in [6.07, 6.45) is 4.47. The maximum atomic E-state index is 12.7. The number of piperidine rings is 2. The van der Waals surface area contributed by atoms with E-state index in [1.807, 2.05) is 36.2 Å². The molecule has 0 atom stereocenters. The monoisotopic (exact) mass is 331 g/mol. The molecule has 2 fully saturated rings. The maximum absolute atomic E-state index is 12.7. The lowest BCUT2D eigenvalue weighted by Gasteiger charge is -2.35. The second-order valence-electron chi connectivity index (χ2n) is 7.04. The predicted molar refractivity (Wildman–Crippen MR) is 95.6 cm³/mol. The number of benzene rings is 1. The molecular weight excluding hydrogens is 302 g/mol. The fourth-order valence-corrected chi connectivity index (χ4v) is 3.53. The first-order valence-corrected chi connectivity index (χ1v) is 9.06. The van der Waals surface area contributed by atoms with Crippen molar-refractivity contribution in [2.75, 3.05) is 40.3 Å². The molecule has 2 heterocycles. The van der Waals surface area contributed by atoms with E-state index in [0.717, 1.165) is 63.2 Å². The van der Waals surface area contributed by atoms with Crippen LogP contribution < -0.4 is 10.1 Å². The highest BCUT2D eigenvalue weighted by Gasteiger charge is 2.24. The van der Waals surface area contributed by atoms with Crippen molar-refractivity contribution in [2.45, 2.75) is 37.8 Å². The predicted octanol–water partition coefficient (Wildman–Crippen LogP) is 1.98. The molecule has 1 aromatic carbocycles. The molecule has 0 saturated carbocycles. The average molecular weight is 331 g/mol. The second kappa shape index (κ2) is 7.99. The van der Waals surface area contributed by atoms with Crippen molar-refractivity contribution in [3.63, 3.8) is 0 Å². The van der Waals surface area contributed by atoms with E-state index >= 15 is 0 Å². The van der Waals surface area contributed by atoms with Crippen LogP contribution in [0.3, 0.4) is 0 Å². The molecule has 132 valence electrons. The number of rotatable bonds is 4. The number of nitrogens with zero attached hydrogens (tertiary/aromatic N) is 2. The first-order chi connectivity index (χ1) is 11.6. The molecule has 0 aromatic heterocycles. The first kappa shape index (κ1) is 17.2. The van der Waals surface area contributed by atoms with E-state index in [0.29, 0.717) is 6.04 Å². The Balaban J connectivity index is 1.56. The Morgan fingerprint density at radius 1 is 1.12 bits per heavy atom. The molecule has 1 N–H and O–H groups in total. The SMILES string of the molecule is CN1CCC(N(C)C(=O)c2ccc(OC3CCNCC3)cc2)CC1. The highest BCUT2D eigenvalue weighted by atomic mass is 16.5. The number of ether oxygens (including phenoxy) is 1.